The molecule has 0 atom stereocenters. The maximum Gasteiger partial charge on any atom is 0.243 e. The highest BCUT2D eigenvalue weighted by molar-refractivity contribution is 14.0. The quantitative estimate of drug-likeness (QED) is 0.242. The third-order valence-corrected chi connectivity index (χ3v) is 3.57. The van der Waals surface area contributed by atoms with Crippen LogP contribution in [0, 0.1) is 24.4 Å². The molecule has 2 rings (SSSR count). The molecule has 2 aromatic carbocycles. The molecule has 0 bridgehead atoms. The summed E-state index contributed by atoms with van der Waals surface area (Å²) in [4.78, 5) is 16.3. The average Bonchev–Trinajstić information content (AvgIpc) is 2.64. The number of carbonyl (C=O) groups excluding carboxylic acids is 1. The molecule has 0 radical (unpaired) electrons. The topological polar surface area (TPSA) is 65.5 Å². The van der Waals surface area contributed by atoms with Gasteiger partial charge in [0.1, 0.15) is 0 Å². The Hall–Kier alpha value is -2.30. The van der Waals surface area contributed by atoms with Gasteiger partial charge in [-0.05, 0) is 31.5 Å². The molecule has 0 heterocycles. The molecular weight excluding hydrogens is 484 g/mol. The molecule has 152 valence electrons. The lowest BCUT2D eigenvalue weighted by Crippen LogP contribution is -2.41. The second-order valence-electron chi connectivity index (χ2n) is 5.81. The number of benzene rings is 2. The summed E-state index contributed by atoms with van der Waals surface area (Å²) in [7, 11) is 0. The minimum atomic E-state index is -1.63. The fourth-order valence-corrected chi connectivity index (χ4v) is 2.30. The number of hydrogen-bond acceptors (Lipinski definition) is 2. The Morgan fingerprint density at radius 3 is 2.50 bits per heavy atom. The van der Waals surface area contributed by atoms with E-state index in [9.17, 15) is 18.0 Å². The van der Waals surface area contributed by atoms with E-state index in [-0.39, 0.29) is 30.5 Å². The fraction of sp³-hybridized carbons (Fsp3) is 0.263. The van der Waals surface area contributed by atoms with Gasteiger partial charge >= 0.3 is 0 Å². The molecule has 0 saturated carbocycles. The molecule has 28 heavy (non-hydrogen) atoms. The number of aryl methyl sites for hydroxylation is 1. The van der Waals surface area contributed by atoms with Crippen LogP contribution in [0.2, 0.25) is 0 Å². The third kappa shape index (κ3) is 7.02. The van der Waals surface area contributed by atoms with Crippen LogP contribution >= 0.6 is 24.0 Å². The fourth-order valence-electron chi connectivity index (χ4n) is 2.30. The van der Waals surface area contributed by atoms with Gasteiger partial charge in [0.05, 0.1) is 18.8 Å². The lowest BCUT2D eigenvalue weighted by molar-refractivity contribution is -0.115. The molecule has 0 saturated heterocycles. The van der Waals surface area contributed by atoms with Gasteiger partial charge in [-0.25, -0.2) is 18.2 Å². The molecule has 0 aromatic heterocycles. The molecule has 9 heteroatoms. The molecule has 0 unspecified atom stereocenters. The molecule has 0 aliphatic rings. The summed E-state index contributed by atoms with van der Waals surface area (Å²) in [6.07, 6.45) is 0. The van der Waals surface area contributed by atoms with Crippen LogP contribution in [-0.2, 0) is 11.3 Å². The number of rotatable bonds is 6. The van der Waals surface area contributed by atoms with Crippen molar-refractivity contribution >= 4 is 41.5 Å². The highest BCUT2D eigenvalue weighted by Gasteiger charge is 2.15. The van der Waals surface area contributed by atoms with Crippen LogP contribution < -0.4 is 16.0 Å². The summed E-state index contributed by atoms with van der Waals surface area (Å²) in [6, 6.07) is 9.57. The predicted octanol–water partition coefficient (Wildman–Crippen LogP) is 3.72. The standard InChI is InChI=1S/C19H21F3N4O.HI/c1-3-23-19(24-10-13-6-4-5-12(2)9-13)25-11-16(27)26-15-8-7-14(20)17(21)18(15)22;/h4-9H,3,10-11H2,1-2H3,(H,26,27)(H2,23,24,25);1H. The van der Waals surface area contributed by atoms with Crippen molar-refractivity contribution in [3.05, 3.63) is 65.0 Å². The minimum absolute atomic E-state index is 0. The number of guanidine groups is 1. The smallest absolute Gasteiger partial charge is 0.243 e. The van der Waals surface area contributed by atoms with E-state index in [0.29, 0.717) is 19.0 Å². The van der Waals surface area contributed by atoms with Crippen molar-refractivity contribution in [3.63, 3.8) is 0 Å². The van der Waals surface area contributed by atoms with Crippen LogP contribution in [0.5, 0.6) is 0 Å². The maximum atomic E-state index is 13.6. The lowest BCUT2D eigenvalue weighted by Gasteiger charge is -2.12. The van der Waals surface area contributed by atoms with Crippen molar-refractivity contribution in [1.29, 1.82) is 0 Å². The average molecular weight is 506 g/mol. The van der Waals surface area contributed by atoms with E-state index in [1.165, 1.54) is 0 Å². The summed E-state index contributed by atoms with van der Waals surface area (Å²) in [6.45, 7) is 4.63. The molecule has 1 amide bonds. The Balaban J connectivity index is 0.00000392. The van der Waals surface area contributed by atoms with Gasteiger partial charge in [0, 0.05) is 6.54 Å². The zero-order valence-corrected chi connectivity index (χ0v) is 17.8. The summed E-state index contributed by atoms with van der Waals surface area (Å²) in [5, 5.41) is 7.99. The number of carbonyl (C=O) groups is 1. The number of nitrogens with zero attached hydrogens (tertiary/aromatic N) is 1. The largest absolute Gasteiger partial charge is 0.357 e. The Labute approximate surface area is 178 Å². The summed E-state index contributed by atoms with van der Waals surface area (Å²) in [5.41, 5.74) is 1.71. The number of aliphatic imine (C=N–C) groups is 1. The number of anilines is 1. The second-order valence-corrected chi connectivity index (χ2v) is 5.81. The molecular formula is C19H22F3IN4O. The maximum absolute atomic E-state index is 13.6. The van der Waals surface area contributed by atoms with Gasteiger partial charge in [0.15, 0.2) is 23.4 Å². The van der Waals surface area contributed by atoms with Crippen molar-refractivity contribution in [2.45, 2.75) is 20.4 Å². The SMILES string of the molecule is CCNC(=NCc1cccc(C)c1)NCC(=O)Nc1ccc(F)c(F)c1F.I. The Morgan fingerprint density at radius 1 is 1.07 bits per heavy atom. The van der Waals surface area contributed by atoms with E-state index in [1.54, 1.807) is 0 Å². The van der Waals surface area contributed by atoms with Gasteiger partial charge in [-0.3, -0.25) is 4.79 Å². The minimum Gasteiger partial charge on any atom is -0.357 e. The van der Waals surface area contributed by atoms with E-state index in [0.717, 1.165) is 23.3 Å². The monoisotopic (exact) mass is 506 g/mol. The van der Waals surface area contributed by atoms with Crippen LogP contribution in [0.1, 0.15) is 18.1 Å². The summed E-state index contributed by atoms with van der Waals surface area (Å²) in [5.74, 6) is -4.61. The summed E-state index contributed by atoms with van der Waals surface area (Å²) < 4.78 is 39.7. The molecule has 0 aliphatic heterocycles. The van der Waals surface area contributed by atoms with Gasteiger partial charge in [-0.15, -0.1) is 24.0 Å². The lowest BCUT2D eigenvalue weighted by atomic mass is 10.1. The number of hydrogen-bond donors (Lipinski definition) is 3. The Bertz CT molecular complexity index is 846. The van der Waals surface area contributed by atoms with Crippen LogP contribution in [0.15, 0.2) is 41.4 Å². The zero-order chi connectivity index (χ0) is 19.8. The van der Waals surface area contributed by atoms with Crippen molar-refractivity contribution < 1.29 is 18.0 Å². The van der Waals surface area contributed by atoms with Gasteiger partial charge in [0.2, 0.25) is 5.91 Å². The zero-order valence-electron chi connectivity index (χ0n) is 15.5. The second kappa shape index (κ2) is 11.5. The first kappa shape index (κ1) is 23.7. The van der Waals surface area contributed by atoms with E-state index in [4.69, 9.17) is 0 Å². The van der Waals surface area contributed by atoms with Crippen LogP contribution in [0.3, 0.4) is 0 Å². The molecule has 0 spiro atoms. The number of amides is 1. The first-order valence-electron chi connectivity index (χ1n) is 8.41. The molecule has 5 nitrogen and oxygen atoms in total. The van der Waals surface area contributed by atoms with Crippen LogP contribution in [0.4, 0.5) is 18.9 Å². The third-order valence-electron chi connectivity index (χ3n) is 3.57. The highest BCUT2D eigenvalue weighted by Crippen LogP contribution is 2.19. The number of halogens is 4. The Kier molecular flexibility index (Phi) is 9.77. The van der Waals surface area contributed by atoms with Crippen molar-refractivity contribution in [1.82, 2.24) is 10.6 Å². The van der Waals surface area contributed by atoms with E-state index >= 15 is 0 Å². The van der Waals surface area contributed by atoms with Crippen molar-refractivity contribution in [2.24, 2.45) is 4.99 Å². The molecule has 0 fully saturated rings. The normalized spacial score (nSPS) is 10.8. The van der Waals surface area contributed by atoms with Crippen molar-refractivity contribution in [3.8, 4) is 0 Å². The van der Waals surface area contributed by atoms with E-state index < -0.39 is 29.0 Å². The van der Waals surface area contributed by atoms with Crippen LogP contribution in [0.25, 0.3) is 0 Å². The van der Waals surface area contributed by atoms with E-state index in [1.807, 2.05) is 38.1 Å². The molecule has 2 aromatic rings. The molecule has 3 N–H and O–H groups in total. The summed E-state index contributed by atoms with van der Waals surface area (Å²) >= 11 is 0. The van der Waals surface area contributed by atoms with Crippen molar-refractivity contribution in [2.75, 3.05) is 18.4 Å². The highest BCUT2D eigenvalue weighted by atomic mass is 127. The predicted molar refractivity (Wildman–Crippen MR) is 114 cm³/mol. The first-order valence-corrected chi connectivity index (χ1v) is 8.41. The Morgan fingerprint density at radius 2 is 1.82 bits per heavy atom. The van der Waals surface area contributed by atoms with Gasteiger partial charge in [-0.1, -0.05) is 29.8 Å². The first-order chi connectivity index (χ1) is 12.9. The van der Waals surface area contributed by atoms with Gasteiger partial charge < -0.3 is 16.0 Å². The van der Waals surface area contributed by atoms with Gasteiger partial charge in [-0.2, -0.15) is 0 Å². The van der Waals surface area contributed by atoms with E-state index in [2.05, 4.69) is 20.9 Å². The number of nitrogens with one attached hydrogen (secondary N) is 3. The van der Waals surface area contributed by atoms with Crippen LogP contribution in [-0.4, -0.2) is 25.0 Å². The van der Waals surface area contributed by atoms with Gasteiger partial charge in [0.25, 0.3) is 0 Å². The molecule has 0 aliphatic carbocycles.